The number of amides is 1. The number of aryl methyl sites for hydroxylation is 2. The Morgan fingerprint density at radius 3 is 1.90 bits per heavy atom. The van der Waals surface area contributed by atoms with E-state index < -0.39 is 33.4 Å². The Morgan fingerprint density at radius 2 is 1.38 bits per heavy atom. The molecule has 0 saturated heterocycles. The van der Waals surface area contributed by atoms with E-state index in [-0.39, 0.29) is 28.6 Å². The number of halogens is 1. The maximum absolute atomic E-state index is 14.1. The highest BCUT2D eigenvalue weighted by atomic mass is 35.5. The minimum atomic E-state index is -4.24. The van der Waals surface area contributed by atoms with Crippen LogP contribution in [0.1, 0.15) is 96.4 Å². The number of carboxylic acids is 1. The van der Waals surface area contributed by atoms with Crippen molar-refractivity contribution in [3.05, 3.63) is 122 Å². The van der Waals surface area contributed by atoms with E-state index in [0.29, 0.717) is 17.1 Å². The molecule has 0 fully saturated rings. The number of hydrogen-bond acceptors (Lipinski definition) is 5. The second-order valence-corrected chi connectivity index (χ2v) is 17.2. The van der Waals surface area contributed by atoms with Crippen LogP contribution >= 0.6 is 11.6 Å². The van der Waals surface area contributed by atoms with E-state index in [1.807, 2.05) is 63.2 Å². The monoisotopic (exact) mass is 718 g/mol. The average Bonchev–Trinajstić information content (AvgIpc) is 2.99. The SMILES string of the molecule is Cc1cc(C)c(NS(=O)(=O)CC(=O)N(Cc2cc(C(C)(C)C)cc(C(C)(C)C)c2)c2ccc(C(=O)O)c(O)c2)c(C)c1Cc1ccc(Cl)cc1. The van der Waals surface area contributed by atoms with Gasteiger partial charge in [-0.25, -0.2) is 13.2 Å². The Morgan fingerprint density at radius 1 is 0.800 bits per heavy atom. The number of hydrogen-bond donors (Lipinski definition) is 3. The normalized spacial score (nSPS) is 12.1. The first kappa shape index (κ1) is 38.5. The predicted octanol–water partition coefficient (Wildman–Crippen LogP) is 8.83. The summed E-state index contributed by atoms with van der Waals surface area (Å²) in [4.78, 5) is 27.0. The van der Waals surface area contributed by atoms with Crippen LogP contribution in [-0.4, -0.2) is 36.3 Å². The third-order valence-electron chi connectivity index (χ3n) is 8.89. The predicted molar refractivity (Wildman–Crippen MR) is 202 cm³/mol. The number of benzene rings is 4. The second-order valence-electron chi connectivity index (χ2n) is 15.1. The van der Waals surface area contributed by atoms with E-state index in [0.717, 1.165) is 44.5 Å². The fraction of sp³-hybridized carbons (Fsp3) is 0.350. The molecule has 4 rings (SSSR count). The van der Waals surface area contributed by atoms with Crippen LogP contribution < -0.4 is 9.62 Å². The first-order chi connectivity index (χ1) is 23.1. The summed E-state index contributed by atoms with van der Waals surface area (Å²) in [6.07, 6.45) is 0.566. The van der Waals surface area contributed by atoms with Crippen LogP contribution in [-0.2, 0) is 38.6 Å². The molecule has 266 valence electrons. The van der Waals surface area contributed by atoms with E-state index in [2.05, 4.69) is 52.3 Å². The molecule has 0 aliphatic heterocycles. The summed E-state index contributed by atoms with van der Waals surface area (Å²) in [7, 11) is -4.24. The lowest BCUT2D eigenvalue weighted by molar-refractivity contribution is -0.116. The van der Waals surface area contributed by atoms with Crippen LogP contribution in [0.3, 0.4) is 0 Å². The summed E-state index contributed by atoms with van der Waals surface area (Å²) in [6.45, 7) is 18.2. The lowest BCUT2D eigenvalue weighted by Gasteiger charge is -2.29. The molecule has 0 aromatic heterocycles. The van der Waals surface area contributed by atoms with E-state index in [1.165, 1.54) is 23.1 Å². The number of aromatic carboxylic acids is 1. The molecule has 3 N–H and O–H groups in total. The molecule has 4 aromatic rings. The molecule has 0 spiro atoms. The summed E-state index contributed by atoms with van der Waals surface area (Å²) in [5, 5.41) is 20.7. The van der Waals surface area contributed by atoms with Crippen molar-refractivity contribution in [1.29, 1.82) is 0 Å². The molecule has 50 heavy (non-hydrogen) atoms. The number of anilines is 2. The number of carboxylic acid groups (broad SMARTS) is 1. The molecule has 0 saturated carbocycles. The van der Waals surface area contributed by atoms with Crippen molar-refractivity contribution in [2.75, 3.05) is 15.4 Å². The van der Waals surface area contributed by atoms with Crippen molar-refractivity contribution >= 4 is 44.9 Å². The van der Waals surface area contributed by atoms with Crippen LogP contribution in [0.2, 0.25) is 5.02 Å². The number of rotatable bonds is 10. The number of nitrogens with zero attached hydrogens (tertiary/aromatic N) is 1. The highest BCUT2D eigenvalue weighted by molar-refractivity contribution is 7.93. The molecule has 4 aromatic carbocycles. The van der Waals surface area contributed by atoms with Gasteiger partial charge in [0.1, 0.15) is 17.1 Å². The molecule has 0 heterocycles. The van der Waals surface area contributed by atoms with Crippen molar-refractivity contribution in [2.45, 2.75) is 86.1 Å². The van der Waals surface area contributed by atoms with Gasteiger partial charge in [0, 0.05) is 16.8 Å². The van der Waals surface area contributed by atoms with Gasteiger partial charge in [-0.05, 0) is 107 Å². The lowest BCUT2D eigenvalue weighted by Crippen LogP contribution is -2.37. The van der Waals surface area contributed by atoms with Gasteiger partial charge in [-0.2, -0.15) is 0 Å². The molecule has 0 aliphatic rings. The van der Waals surface area contributed by atoms with E-state index in [1.54, 1.807) is 0 Å². The third kappa shape index (κ3) is 9.25. The summed E-state index contributed by atoms with van der Waals surface area (Å²) in [5.41, 5.74) is 7.15. The summed E-state index contributed by atoms with van der Waals surface area (Å²) in [5.74, 6) is -3.50. The fourth-order valence-electron chi connectivity index (χ4n) is 5.92. The van der Waals surface area contributed by atoms with E-state index in [4.69, 9.17) is 11.6 Å². The summed E-state index contributed by atoms with van der Waals surface area (Å²) >= 11 is 6.08. The van der Waals surface area contributed by atoms with E-state index >= 15 is 0 Å². The van der Waals surface area contributed by atoms with Gasteiger partial charge >= 0.3 is 5.97 Å². The molecule has 10 heteroatoms. The Hall–Kier alpha value is -4.34. The molecule has 0 radical (unpaired) electrons. The van der Waals surface area contributed by atoms with Crippen LogP contribution in [0.25, 0.3) is 0 Å². The summed E-state index contributed by atoms with van der Waals surface area (Å²) < 4.78 is 30.2. The topological polar surface area (TPSA) is 124 Å². The second kappa shape index (κ2) is 14.5. The number of nitrogens with one attached hydrogen (secondary N) is 1. The van der Waals surface area contributed by atoms with E-state index in [9.17, 15) is 28.2 Å². The van der Waals surface area contributed by atoms with Crippen molar-refractivity contribution in [1.82, 2.24) is 0 Å². The fourth-order valence-corrected chi connectivity index (χ4v) is 7.22. The molecule has 0 unspecified atom stereocenters. The van der Waals surface area contributed by atoms with Gasteiger partial charge in [-0.3, -0.25) is 9.52 Å². The number of carbonyl (C=O) groups is 2. The highest BCUT2D eigenvalue weighted by Gasteiger charge is 2.28. The van der Waals surface area contributed by atoms with Crippen LogP contribution in [0.15, 0.2) is 66.7 Å². The Labute approximate surface area is 301 Å². The van der Waals surface area contributed by atoms with Gasteiger partial charge in [0.25, 0.3) is 0 Å². The van der Waals surface area contributed by atoms with Crippen molar-refractivity contribution in [3.63, 3.8) is 0 Å². The minimum Gasteiger partial charge on any atom is -0.507 e. The van der Waals surface area contributed by atoms with Gasteiger partial charge in [0.15, 0.2) is 0 Å². The van der Waals surface area contributed by atoms with Crippen molar-refractivity contribution in [3.8, 4) is 5.75 Å². The maximum Gasteiger partial charge on any atom is 0.339 e. The number of carbonyl (C=O) groups excluding carboxylic acids is 1. The molecule has 0 aliphatic carbocycles. The van der Waals surface area contributed by atoms with Crippen LogP contribution in [0.5, 0.6) is 5.75 Å². The zero-order valence-electron chi connectivity index (χ0n) is 30.2. The summed E-state index contributed by atoms with van der Waals surface area (Å²) in [6, 6.07) is 19.3. The van der Waals surface area contributed by atoms with Crippen LogP contribution in [0.4, 0.5) is 11.4 Å². The zero-order valence-corrected chi connectivity index (χ0v) is 31.8. The molecule has 8 nitrogen and oxygen atoms in total. The molecule has 0 atom stereocenters. The van der Waals surface area contributed by atoms with Gasteiger partial charge in [-0.1, -0.05) is 89.5 Å². The molecular formula is C40H47ClN2O6S. The number of aromatic hydroxyl groups is 1. The molecule has 0 bridgehead atoms. The standard InChI is InChI=1S/C40H47ClN2O6S/c1-24-16-25(2)37(26(3)34(24)19-27-10-12-31(41)13-11-27)42-50(48,49)23-36(45)43(32-14-15-33(38(46)47)35(44)21-32)22-28-17-29(39(4,5)6)20-30(18-28)40(7,8)9/h10-18,20-21,42,44H,19,22-23H2,1-9H3,(H,46,47). The van der Waals surface area contributed by atoms with Crippen molar-refractivity contribution in [2.24, 2.45) is 0 Å². The molecular weight excluding hydrogens is 672 g/mol. The Balaban J connectivity index is 1.73. The zero-order chi connectivity index (χ0) is 37.3. The van der Waals surface area contributed by atoms with Crippen molar-refractivity contribution < 1.29 is 28.2 Å². The van der Waals surface area contributed by atoms with Crippen LogP contribution in [0, 0.1) is 20.8 Å². The quantitative estimate of drug-likeness (QED) is 0.151. The Kier molecular flexibility index (Phi) is 11.1. The minimum absolute atomic E-state index is 0.0129. The van der Waals surface area contributed by atoms with Gasteiger partial charge < -0.3 is 15.1 Å². The van der Waals surface area contributed by atoms with Gasteiger partial charge in [0.05, 0.1) is 12.2 Å². The lowest BCUT2D eigenvalue weighted by atomic mass is 9.79. The molecule has 1 amide bonds. The van der Waals surface area contributed by atoms with Gasteiger partial charge in [-0.15, -0.1) is 0 Å². The van der Waals surface area contributed by atoms with Gasteiger partial charge in [0.2, 0.25) is 15.9 Å². The Bertz CT molecular complexity index is 2010. The maximum atomic E-state index is 14.1. The first-order valence-corrected chi connectivity index (χ1v) is 18.4. The smallest absolute Gasteiger partial charge is 0.339 e. The number of phenols is 1. The largest absolute Gasteiger partial charge is 0.507 e. The highest BCUT2D eigenvalue weighted by Crippen LogP contribution is 2.34. The third-order valence-corrected chi connectivity index (χ3v) is 10.3. The first-order valence-electron chi connectivity index (χ1n) is 16.4. The average molecular weight is 719 g/mol. The number of sulfonamides is 1.